The summed E-state index contributed by atoms with van der Waals surface area (Å²) in [6.07, 6.45) is 2.85. The molecule has 0 radical (unpaired) electrons. The Morgan fingerprint density at radius 3 is 2.36 bits per heavy atom. The highest BCUT2D eigenvalue weighted by molar-refractivity contribution is 5.95. The quantitative estimate of drug-likeness (QED) is 0.216. The Labute approximate surface area is 188 Å². The molecule has 0 atom stereocenters. The normalized spacial score (nSPS) is 10.7. The molecule has 4 rings (SSSR count). The van der Waals surface area contributed by atoms with Crippen LogP contribution in [0.2, 0.25) is 0 Å². The molecule has 9 heteroatoms. The van der Waals surface area contributed by atoms with Gasteiger partial charge in [0.15, 0.2) is 0 Å². The van der Waals surface area contributed by atoms with Crippen LogP contribution in [0.3, 0.4) is 0 Å². The van der Waals surface area contributed by atoms with Gasteiger partial charge in [0.1, 0.15) is 41.9 Å². The molecule has 166 valence electrons. The van der Waals surface area contributed by atoms with Crippen LogP contribution < -0.4 is 20.6 Å². The number of ether oxygens (including phenoxy) is 2. The van der Waals surface area contributed by atoms with E-state index < -0.39 is 11.4 Å². The minimum atomic E-state index is -1.31. The van der Waals surface area contributed by atoms with E-state index in [2.05, 4.69) is 4.98 Å². The average molecular weight is 444 g/mol. The molecular weight excluding hydrogens is 424 g/mol. The second-order valence-electron chi connectivity index (χ2n) is 7.05. The number of benzene rings is 2. The van der Waals surface area contributed by atoms with E-state index in [1.54, 1.807) is 71.4 Å². The zero-order valence-corrected chi connectivity index (χ0v) is 17.4. The molecule has 0 spiro atoms. The van der Waals surface area contributed by atoms with Crippen molar-refractivity contribution in [1.82, 2.24) is 9.55 Å². The van der Waals surface area contributed by atoms with Crippen molar-refractivity contribution in [2.24, 2.45) is 5.73 Å². The molecule has 4 aromatic rings. The Hall–Kier alpha value is -4.66. The first-order valence-corrected chi connectivity index (χ1v) is 9.98. The van der Waals surface area contributed by atoms with Crippen molar-refractivity contribution < 1.29 is 19.4 Å². The maximum Gasteiger partial charge on any atom is 0.341 e. The molecule has 0 aliphatic heterocycles. The molecule has 0 saturated carbocycles. The largest absolute Gasteiger partial charge is 0.490 e. The maximum absolute atomic E-state index is 12.7. The zero-order valence-electron chi connectivity index (χ0n) is 17.4. The van der Waals surface area contributed by atoms with Crippen LogP contribution in [-0.4, -0.2) is 39.7 Å². The van der Waals surface area contributed by atoms with Crippen molar-refractivity contribution in [1.29, 1.82) is 5.41 Å². The summed E-state index contributed by atoms with van der Waals surface area (Å²) >= 11 is 0. The van der Waals surface area contributed by atoms with E-state index in [4.69, 9.17) is 20.6 Å². The number of nitrogens with two attached hydrogens (primary N) is 1. The van der Waals surface area contributed by atoms with E-state index in [-0.39, 0.29) is 30.0 Å². The number of rotatable bonds is 8. The molecule has 0 unspecified atom stereocenters. The molecule has 9 nitrogen and oxygen atoms in total. The van der Waals surface area contributed by atoms with Crippen LogP contribution in [0.4, 0.5) is 0 Å². The van der Waals surface area contributed by atoms with Crippen molar-refractivity contribution in [3.8, 4) is 17.3 Å². The molecule has 2 heterocycles. The molecule has 33 heavy (non-hydrogen) atoms. The van der Waals surface area contributed by atoms with Gasteiger partial charge in [0.05, 0.1) is 5.52 Å². The Bertz CT molecular complexity index is 1380. The van der Waals surface area contributed by atoms with E-state index in [1.807, 2.05) is 0 Å². The first kappa shape index (κ1) is 21.6. The predicted octanol–water partition coefficient (Wildman–Crippen LogP) is 2.83. The molecule has 4 N–H and O–H groups in total. The van der Waals surface area contributed by atoms with Crippen molar-refractivity contribution in [2.45, 2.75) is 0 Å². The van der Waals surface area contributed by atoms with Crippen LogP contribution in [0, 0.1) is 5.41 Å². The number of carboxylic acid groups (broad SMARTS) is 1. The summed E-state index contributed by atoms with van der Waals surface area (Å²) in [4.78, 5) is 28.5. The standard InChI is InChI=1S/C24H20N4O5/c25-23(26)15-4-6-16(7-5-15)32-11-12-33-17-8-9-18-20(13-17)28(21-3-1-2-10-27-21)14-19(22(18)29)24(30)31/h1-10,13-14H,11-12H2,(H3,25,26)(H,30,31). The lowest BCUT2D eigenvalue weighted by Gasteiger charge is -2.13. The number of hydrogen-bond donors (Lipinski definition) is 3. The molecule has 2 aromatic heterocycles. The molecule has 0 saturated heterocycles. The number of carbonyl (C=O) groups is 1. The third kappa shape index (κ3) is 4.67. The molecular formula is C24H20N4O5. The van der Waals surface area contributed by atoms with Gasteiger partial charge in [0, 0.05) is 29.4 Å². The van der Waals surface area contributed by atoms with Gasteiger partial charge >= 0.3 is 5.97 Å². The summed E-state index contributed by atoms with van der Waals surface area (Å²) < 4.78 is 13.0. The smallest absolute Gasteiger partial charge is 0.341 e. The van der Waals surface area contributed by atoms with Gasteiger partial charge < -0.3 is 20.3 Å². The number of nitrogens with one attached hydrogen (secondary N) is 1. The lowest BCUT2D eigenvalue weighted by Crippen LogP contribution is -2.19. The number of amidine groups is 1. The van der Waals surface area contributed by atoms with Crippen LogP contribution in [0.5, 0.6) is 11.5 Å². The second kappa shape index (κ2) is 9.23. The fourth-order valence-electron chi connectivity index (χ4n) is 3.28. The van der Waals surface area contributed by atoms with E-state index in [9.17, 15) is 14.7 Å². The van der Waals surface area contributed by atoms with E-state index >= 15 is 0 Å². The Balaban J connectivity index is 1.55. The summed E-state index contributed by atoms with van der Waals surface area (Å²) in [6.45, 7) is 0.503. The average Bonchev–Trinajstić information content (AvgIpc) is 2.82. The number of fused-ring (bicyclic) bond motifs is 1. The minimum Gasteiger partial charge on any atom is -0.490 e. The SMILES string of the molecule is N=C(N)c1ccc(OCCOc2ccc3c(=O)c(C(=O)O)cn(-c4ccccn4)c3c2)cc1. The molecule has 0 aliphatic rings. The van der Waals surface area contributed by atoms with E-state index in [0.717, 1.165) is 0 Å². The first-order chi connectivity index (χ1) is 15.9. The third-order valence-corrected chi connectivity index (χ3v) is 4.89. The molecule has 0 aliphatic carbocycles. The van der Waals surface area contributed by atoms with Gasteiger partial charge in [-0.1, -0.05) is 6.07 Å². The Kier molecular flexibility index (Phi) is 6.03. The topological polar surface area (TPSA) is 141 Å². The van der Waals surface area contributed by atoms with Gasteiger partial charge in [0.2, 0.25) is 5.43 Å². The number of aromatic nitrogens is 2. The van der Waals surface area contributed by atoms with Crippen LogP contribution in [0.1, 0.15) is 15.9 Å². The van der Waals surface area contributed by atoms with Crippen LogP contribution >= 0.6 is 0 Å². The summed E-state index contributed by atoms with van der Waals surface area (Å²) in [5.41, 5.74) is 5.61. The molecule has 0 amide bonds. The van der Waals surface area contributed by atoms with Gasteiger partial charge in [-0.05, 0) is 48.5 Å². The zero-order chi connectivity index (χ0) is 23.4. The second-order valence-corrected chi connectivity index (χ2v) is 7.05. The number of carboxylic acids is 1. The van der Waals surface area contributed by atoms with E-state index in [1.165, 1.54) is 6.20 Å². The highest BCUT2D eigenvalue weighted by atomic mass is 16.5. The molecule has 2 aromatic carbocycles. The van der Waals surface area contributed by atoms with Gasteiger partial charge in [-0.25, -0.2) is 9.78 Å². The third-order valence-electron chi connectivity index (χ3n) is 4.89. The minimum absolute atomic E-state index is 0.0131. The number of aromatic carboxylic acids is 1. The first-order valence-electron chi connectivity index (χ1n) is 9.98. The molecule has 0 bridgehead atoms. The lowest BCUT2D eigenvalue weighted by molar-refractivity contribution is 0.0695. The highest BCUT2D eigenvalue weighted by Crippen LogP contribution is 2.22. The highest BCUT2D eigenvalue weighted by Gasteiger charge is 2.16. The number of nitrogen functional groups attached to an aromatic ring is 1. The van der Waals surface area contributed by atoms with E-state index in [0.29, 0.717) is 28.4 Å². The summed E-state index contributed by atoms with van der Waals surface area (Å²) in [5.74, 6) is 0.262. The number of nitrogens with zero attached hydrogens (tertiary/aromatic N) is 2. The predicted molar refractivity (Wildman–Crippen MR) is 123 cm³/mol. The van der Waals surface area contributed by atoms with Gasteiger partial charge in [-0.15, -0.1) is 0 Å². The van der Waals surface area contributed by atoms with Crippen molar-refractivity contribution in [3.05, 3.63) is 94.4 Å². The van der Waals surface area contributed by atoms with Crippen LogP contribution in [-0.2, 0) is 0 Å². The van der Waals surface area contributed by atoms with Crippen LogP contribution in [0.15, 0.2) is 77.9 Å². The fraction of sp³-hybridized carbons (Fsp3) is 0.0833. The van der Waals surface area contributed by atoms with Crippen molar-refractivity contribution in [3.63, 3.8) is 0 Å². The van der Waals surface area contributed by atoms with Gasteiger partial charge in [-0.3, -0.25) is 14.8 Å². The Morgan fingerprint density at radius 1 is 1.03 bits per heavy atom. The summed E-state index contributed by atoms with van der Waals surface area (Å²) in [7, 11) is 0. The van der Waals surface area contributed by atoms with Crippen LogP contribution in [0.25, 0.3) is 16.7 Å². The monoisotopic (exact) mass is 444 g/mol. The van der Waals surface area contributed by atoms with Gasteiger partial charge in [0.25, 0.3) is 0 Å². The van der Waals surface area contributed by atoms with Gasteiger partial charge in [-0.2, -0.15) is 0 Å². The summed E-state index contributed by atoms with van der Waals surface area (Å²) in [6, 6.07) is 16.9. The number of hydrogen-bond acceptors (Lipinski definition) is 6. The van der Waals surface area contributed by atoms with Crippen molar-refractivity contribution in [2.75, 3.05) is 13.2 Å². The Morgan fingerprint density at radius 2 is 1.73 bits per heavy atom. The molecule has 0 fully saturated rings. The maximum atomic E-state index is 12.7. The summed E-state index contributed by atoms with van der Waals surface area (Å²) in [5, 5.41) is 17.1. The van der Waals surface area contributed by atoms with Crippen molar-refractivity contribution >= 4 is 22.7 Å². The lowest BCUT2D eigenvalue weighted by atomic mass is 10.1. The number of pyridine rings is 2. The fourth-order valence-corrected chi connectivity index (χ4v) is 3.28.